The molecule has 0 heterocycles. The minimum atomic E-state index is 0.312. The molecular formula is C18H19Cl. The maximum Gasteiger partial charge on any atom is 0.0474 e. The average molecular weight is 271 g/mol. The summed E-state index contributed by atoms with van der Waals surface area (Å²) in [5, 5.41) is 0. The summed E-state index contributed by atoms with van der Waals surface area (Å²) in [7, 11) is 0. The Morgan fingerprint density at radius 2 is 1.63 bits per heavy atom. The minimum Gasteiger partial charge on any atom is -0.122 e. The van der Waals surface area contributed by atoms with Crippen LogP contribution in [0.2, 0.25) is 0 Å². The van der Waals surface area contributed by atoms with Gasteiger partial charge in [0.2, 0.25) is 0 Å². The van der Waals surface area contributed by atoms with Crippen LogP contribution in [0, 0.1) is 6.92 Å². The van der Waals surface area contributed by atoms with Crippen molar-refractivity contribution in [1.82, 2.24) is 0 Å². The number of halogens is 1. The quantitative estimate of drug-likeness (QED) is 0.639. The molecule has 0 nitrogen and oxygen atoms in total. The number of hydrogen-bond acceptors (Lipinski definition) is 0. The van der Waals surface area contributed by atoms with Crippen LogP contribution in [0.4, 0.5) is 0 Å². The zero-order valence-electron chi connectivity index (χ0n) is 11.5. The van der Waals surface area contributed by atoms with Crippen LogP contribution < -0.4 is 0 Å². The zero-order chi connectivity index (χ0) is 13.8. The number of rotatable bonds is 4. The van der Waals surface area contributed by atoms with Gasteiger partial charge in [0, 0.05) is 11.8 Å². The van der Waals surface area contributed by atoms with E-state index in [0.29, 0.717) is 11.8 Å². The molecule has 0 saturated carbocycles. The Morgan fingerprint density at radius 1 is 1.05 bits per heavy atom. The summed E-state index contributed by atoms with van der Waals surface area (Å²) in [4.78, 5) is 0. The summed E-state index contributed by atoms with van der Waals surface area (Å²) in [6, 6.07) is 17.0. The minimum absolute atomic E-state index is 0.312. The third-order valence-corrected chi connectivity index (χ3v) is 3.89. The Hall–Kier alpha value is -1.53. The largest absolute Gasteiger partial charge is 0.122 e. The van der Waals surface area contributed by atoms with Gasteiger partial charge in [-0.2, -0.15) is 0 Å². The summed E-state index contributed by atoms with van der Waals surface area (Å²) >= 11 is 5.81. The van der Waals surface area contributed by atoms with Crippen LogP contribution in [0.15, 0.2) is 55.1 Å². The normalized spacial score (nSPS) is 12.2. The Morgan fingerprint density at radius 3 is 2.16 bits per heavy atom. The van der Waals surface area contributed by atoms with Crippen molar-refractivity contribution < 1.29 is 0 Å². The van der Waals surface area contributed by atoms with E-state index in [1.165, 1.54) is 16.7 Å². The van der Waals surface area contributed by atoms with Gasteiger partial charge in [-0.25, -0.2) is 0 Å². The number of allylic oxidation sites excluding steroid dienone is 1. The molecule has 0 fully saturated rings. The van der Waals surface area contributed by atoms with E-state index in [4.69, 9.17) is 11.6 Å². The Bertz CT molecular complexity index is 549. The van der Waals surface area contributed by atoms with E-state index in [1.54, 1.807) is 0 Å². The first kappa shape index (κ1) is 13.9. The molecule has 2 aromatic carbocycles. The van der Waals surface area contributed by atoms with E-state index in [2.05, 4.69) is 69.0 Å². The van der Waals surface area contributed by atoms with Gasteiger partial charge in [-0.3, -0.25) is 0 Å². The molecule has 98 valence electrons. The van der Waals surface area contributed by atoms with Crippen molar-refractivity contribution in [2.75, 3.05) is 0 Å². The van der Waals surface area contributed by atoms with Gasteiger partial charge in [-0.05, 0) is 29.2 Å². The molecule has 0 radical (unpaired) electrons. The van der Waals surface area contributed by atoms with Crippen LogP contribution in [-0.4, -0.2) is 0 Å². The summed E-state index contributed by atoms with van der Waals surface area (Å²) in [5.41, 5.74) is 6.06. The lowest BCUT2D eigenvalue weighted by Gasteiger charge is -2.16. The first-order valence-electron chi connectivity index (χ1n) is 6.52. The van der Waals surface area contributed by atoms with Crippen molar-refractivity contribution in [1.29, 1.82) is 0 Å². The van der Waals surface area contributed by atoms with E-state index in [9.17, 15) is 0 Å². The summed E-state index contributed by atoms with van der Waals surface area (Å²) < 4.78 is 0. The van der Waals surface area contributed by atoms with Crippen molar-refractivity contribution in [3.63, 3.8) is 0 Å². The van der Waals surface area contributed by atoms with Gasteiger partial charge in [0.15, 0.2) is 0 Å². The average Bonchev–Trinajstić information content (AvgIpc) is 2.46. The molecule has 0 spiro atoms. The second-order valence-electron chi connectivity index (χ2n) is 4.99. The molecule has 0 aromatic heterocycles. The number of aryl methyl sites for hydroxylation is 1. The van der Waals surface area contributed by atoms with E-state index < -0.39 is 0 Å². The topological polar surface area (TPSA) is 0 Å². The van der Waals surface area contributed by atoms with Gasteiger partial charge < -0.3 is 0 Å². The van der Waals surface area contributed by atoms with Crippen LogP contribution in [0.25, 0.3) is 5.57 Å². The molecule has 1 unspecified atom stereocenters. The molecule has 0 amide bonds. The van der Waals surface area contributed by atoms with Crippen LogP contribution in [0.1, 0.15) is 35.1 Å². The van der Waals surface area contributed by atoms with Crippen molar-refractivity contribution >= 4 is 17.2 Å². The van der Waals surface area contributed by atoms with Crippen molar-refractivity contribution in [2.24, 2.45) is 0 Å². The van der Waals surface area contributed by atoms with Gasteiger partial charge in [-0.15, -0.1) is 11.6 Å². The molecule has 0 bridgehead atoms. The van der Waals surface area contributed by atoms with Crippen LogP contribution in [0.3, 0.4) is 0 Å². The highest BCUT2D eigenvalue weighted by molar-refractivity contribution is 6.17. The highest BCUT2D eigenvalue weighted by Crippen LogP contribution is 2.30. The van der Waals surface area contributed by atoms with Gasteiger partial charge >= 0.3 is 0 Å². The summed E-state index contributed by atoms with van der Waals surface area (Å²) in [6.07, 6.45) is 0. The molecule has 19 heavy (non-hydrogen) atoms. The molecule has 0 aliphatic rings. The van der Waals surface area contributed by atoms with Gasteiger partial charge in [0.05, 0.1) is 0 Å². The second kappa shape index (κ2) is 6.08. The summed E-state index contributed by atoms with van der Waals surface area (Å²) in [6.45, 7) is 8.54. The highest BCUT2D eigenvalue weighted by Gasteiger charge is 2.11. The number of alkyl halides is 1. The predicted molar refractivity (Wildman–Crippen MR) is 84.6 cm³/mol. The number of benzene rings is 2. The van der Waals surface area contributed by atoms with Crippen molar-refractivity contribution in [2.45, 2.75) is 25.6 Å². The molecule has 0 N–H and O–H groups in total. The lowest BCUT2D eigenvalue weighted by atomic mass is 9.89. The Balaban J connectivity index is 2.20. The molecule has 0 aliphatic carbocycles. The van der Waals surface area contributed by atoms with Crippen LogP contribution in [-0.2, 0) is 5.88 Å². The van der Waals surface area contributed by atoms with Crippen LogP contribution >= 0.6 is 11.6 Å². The molecule has 1 atom stereocenters. The maximum atomic E-state index is 5.81. The Kier molecular flexibility index (Phi) is 4.44. The second-order valence-corrected chi connectivity index (χ2v) is 5.26. The third-order valence-electron chi connectivity index (χ3n) is 3.58. The zero-order valence-corrected chi connectivity index (χ0v) is 12.2. The summed E-state index contributed by atoms with van der Waals surface area (Å²) in [5.74, 6) is 0.875. The monoisotopic (exact) mass is 270 g/mol. The third kappa shape index (κ3) is 3.27. The molecule has 2 aromatic rings. The predicted octanol–water partition coefficient (Wildman–Crippen LogP) is 5.55. The molecule has 1 heteroatoms. The van der Waals surface area contributed by atoms with Crippen LogP contribution in [0.5, 0.6) is 0 Å². The van der Waals surface area contributed by atoms with E-state index in [1.807, 2.05) is 0 Å². The van der Waals surface area contributed by atoms with Gasteiger partial charge in [-0.1, -0.05) is 67.6 Å². The molecule has 0 saturated heterocycles. The smallest absolute Gasteiger partial charge is 0.0474 e. The lowest BCUT2D eigenvalue weighted by molar-refractivity contribution is 0.989. The number of hydrogen-bond donors (Lipinski definition) is 0. The fourth-order valence-corrected chi connectivity index (χ4v) is 2.29. The first-order chi connectivity index (χ1) is 9.11. The van der Waals surface area contributed by atoms with Gasteiger partial charge in [0.25, 0.3) is 0 Å². The SMILES string of the molecule is C=C(c1ccc(C)cc1)C(C)c1ccc(CCl)cc1. The van der Waals surface area contributed by atoms with E-state index in [0.717, 1.165) is 11.1 Å². The lowest BCUT2D eigenvalue weighted by Crippen LogP contribution is -1.97. The van der Waals surface area contributed by atoms with Crippen molar-refractivity contribution in [3.05, 3.63) is 77.4 Å². The molecular weight excluding hydrogens is 252 g/mol. The Labute approximate surface area is 120 Å². The highest BCUT2D eigenvalue weighted by atomic mass is 35.5. The standard InChI is InChI=1S/C18H19Cl/c1-13-4-8-17(9-5-13)14(2)15(3)18-10-6-16(12-19)7-11-18/h4-11,15H,2,12H2,1,3H3. The fraction of sp³-hybridized carbons (Fsp3) is 0.222. The van der Waals surface area contributed by atoms with E-state index in [-0.39, 0.29) is 0 Å². The molecule has 2 rings (SSSR count). The fourth-order valence-electron chi connectivity index (χ4n) is 2.11. The maximum absolute atomic E-state index is 5.81. The van der Waals surface area contributed by atoms with Gasteiger partial charge in [0.1, 0.15) is 0 Å². The first-order valence-corrected chi connectivity index (χ1v) is 7.06. The molecule has 0 aliphatic heterocycles. The van der Waals surface area contributed by atoms with E-state index >= 15 is 0 Å². The van der Waals surface area contributed by atoms with Crippen molar-refractivity contribution in [3.8, 4) is 0 Å².